The minimum atomic E-state index is 0.0420. The van der Waals surface area contributed by atoms with Crippen molar-refractivity contribution in [1.29, 1.82) is 0 Å². The Morgan fingerprint density at radius 1 is 1.04 bits per heavy atom. The van der Waals surface area contributed by atoms with E-state index in [2.05, 4.69) is 12.2 Å². The number of nitrogens with zero attached hydrogens (tertiary/aromatic N) is 1. The fraction of sp³-hybridized carbons (Fsp3) is 0.304. The molecule has 0 saturated heterocycles. The molecule has 0 atom stereocenters. The van der Waals surface area contributed by atoms with Gasteiger partial charge in [0, 0.05) is 13.1 Å². The number of allylic oxidation sites excluding steroid dienone is 7. The quantitative estimate of drug-likeness (QED) is 0.641. The molecule has 0 N–H and O–H groups in total. The molecule has 0 aliphatic heterocycles. The van der Waals surface area contributed by atoms with E-state index in [0.29, 0.717) is 6.54 Å². The predicted molar refractivity (Wildman–Crippen MR) is 106 cm³/mol. The number of benzene rings is 1. The number of ketones is 1. The molecule has 1 amide bonds. The first kappa shape index (κ1) is 19.6. The van der Waals surface area contributed by atoms with E-state index >= 15 is 0 Å². The Hall–Kier alpha value is -2.68. The highest BCUT2D eigenvalue weighted by molar-refractivity contribution is 6.09. The van der Waals surface area contributed by atoms with Crippen molar-refractivity contribution in [3.8, 4) is 0 Å². The first-order chi connectivity index (χ1) is 12.5. The van der Waals surface area contributed by atoms with E-state index in [1.54, 1.807) is 11.8 Å². The lowest BCUT2D eigenvalue weighted by atomic mass is 9.95. The zero-order valence-electron chi connectivity index (χ0n) is 15.9. The van der Waals surface area contributed by atoms with Gasteiger partial charge >= 0.3 is 0 Å². The molecule has 0 spiro atoms. The Balaban J connectivity index is 1.81. The predicted octanol–water partition coefficient (Wildman–Crippen LogP) is 5.12. The molecule has 1 aliphatic carbocycles. The van der Waals surface area contributed by atoms with Gasteiger partial charge in [-0.2, -0.15) is 0 Å². The fourth-order valence-corrected chi connectivity index (χ4v) is 2.86. The average Bonchev–Trinajstić information content (AvgIpc) is 2.62. The van der Waals surface area contributed by atoms with Gasteiger partial charge in [-0.05, 0) is 67.5 Å². The smallest absolute Gasteiger partial charge is 0.223 e. The largest absolute Gasteiger partial charge is 0.315 e. The van der Waals surface area contributed by atoms with Gasteiger partial charge in [-0.25, -0.2) is 0 Å². The highest BCUT2D eigenvalue weighted by Gasteiger charge is 2.12. The van der Waals surface area contributed by atoms with Crippen LogP contribution in [-0.4, -0.2) is 16.6 Å². The standard InChI is InChI=1S/C23H27NO2/c1-18-15-22(16-19(2)23(18)26)13-7-4-5-10-14-24(20(3)25)17-21-11-8-6-9-12-21/h6,8-16H,4-5,7,17H2,1-3H3/b14-10+. The zero-order chi connectivity index (χ0) is 18.9. The molecule has 3 heteroatoms. The van der Waals surface area contributed by atoms with E-state index in [1.165, 1.54) is 0 Å². The zero-order valence-corrected chi connectivity index (χ0v) is 15.9. The Kier molecular flexibility index (Phi) is 7.34. The second-order valence-electron chi connectivity index (χ2n) is 6.64. The summed E-state index contributed by atoms with van der Waals surface area (Å²) in [7, 11) is 0. The molecule has 0 saturated carbocycles. The molecular weight excluding hydrogens is 322 g/mol. The Labute approximate surface area is 156 Å². The van der Waals surface area contributed by atoms with E-state index < -0.39 is 0 Å². The Morgan fingerprint density at radius 3 is 2.31 bits per heavy atom. The molecule has 0 unspecified atom stereocenters. The summed E-state index contributed by atoms with van der Waals surface area (Å²) in [4.78, 5) is 25.3. The minimum Gasteiger partial charge on any atom is -0.315 e. The SMILES string of the molecule is CC(=O)N(/C=C/CCCC=C1C=C(C)C(=O)C(C)=C1)Cc1ccccc1. The Morgan fingerprint density at radius 2 is 1.69 bits per heavy atom. The van der Waals surface area contributed by atoms with E-state index in [1.807, 2.05) is 62.5 Å². The summed E-state index contributed by atoms with van der Waals surface area (Å²) < 4.78 is 0. The molecule has 1 aromatic carbocycles. The highest BCUT2D eigenvalue weighted by Crippen LogP contribution is 2.19. The van der Waals surface area contributed by atoms with Gasteiger partial charge in [-0.15, -0.1) is 0 Å². The molecule has 0 bridgehead atoms. The summed E-state index contributed by atoms with van der Waals surface area (Å²) in [5, 5.41) is 0. The van der Waals surface area contributed by atoms with Crippen LogP contribution in [0.4, 0.5) is 0 Å². The number of unbranched alkanes of at least 4 members (excludes halogenated alkanes) is 2. The van der Waals surface area contributed by atoms with Gasteiger partial charge in [0.2, 0.25) is 5.91 Å². The summed E-state index contributed by atoms with van der Waals surface area (Å²) in [6.07, 6.45) is 12.9. The summed E-state index contributed by atoms with van der Waals surface area (Å²) in [6.45, 7) is 5.90. The van der Waals surface area contributed by atoms with Crippen molar-refractivity contribution < 1.29 is 9.59 Å². The lowest BCUT2D eigenvalue weighted by molar-refractivity contribution is -0.126. The lowest BCUT2D eigenvalue weighted by Gasteiger charge is -2.16. The third-order valence-corrected chi connectivity index (χ3v) is 4.32. The molecule has 0 radical (unpaired) electrons. The molecule has 1 aliphatic rings. The highest BCUT2D eigenvalue weighted by atomic mass is 16.2. The number of hydrogen-bond donors (Lipinski definition) is 0. The van der Waals surface area contributed by atoms with E-state index in [9.17, 15) is 9.59 Å². The van der Waals surface area contributed by atoms with E-state index in [0.717, 1.165) is 41.5 Å². The van der Waals surface area contributed by atoms with Crippen molar-refractivity contribution >= 4 is 11.7 Å². The number of carbonyl (C=O) groups is 2. The van der Waals surface area contributed by atoms with Crippen LogP contribution in [0, 0.1) is 0 Å². The second kappa shape index (κ2) is 9.71. The first-order valence-corrected chi connectivity index (χ1v) is 9.06. The van der Waals surface area contributed by atoms with Crippen LogP contribution in [0.2, 0.25) is 0 Å². The fourth-order valence-electron chi connectivity index (χ4n) is 2.86. The van der Waals surface area contributed by atoms with Crippen molar-refractivity contribution in [3.63, 3.8) is 0 Å². The van der Waals surface area contributed by atoms with Crippen molar-refractivity contribution in [3.05, 3.63) is 83.1 Å². The molecule has 0 fully saturated rings. The van der Waals surface area contributed by atoms with Crippen molar-refractivity contribution in [2.45, 2.75) is 46.6 Å². The van der Waals surface area contributed by atoms with Crippen LogP contribution in [0.3, 0.4) is 0 Å². The van der Waals surface area contributed by atoms with Gasteiger partial charge in [0.15, 0.2) is 5.78 Å². The maximum atomic E-state index is 11.8. The number of carbonyl (C=O) groups excluding carboxylic acids is 2. The van der Waals surface area contributed by atoms with Gasteiger partial charge in [0.1, 0.15) is 0 Å². The van der Waals surface area contributed by atoms with Crippen LogP contribution < -0.4 is 0 Å². The summed E-state index contributed by atoms with van der Waals surface area (Å²) >= 11 is 0. The van der Waals surface area contributed by atoms with Crippen LogP contribution >= 0.6 is 0 Å². The number of amides is 1. The average molecular weight is 349 g/mol. The molecule has 2 rings (SSSR count). The van der Waals surface area contributed by atoms with Crippen LogP contribution in [0.5, 0.6) is 0 Å². The van der Waals surface area contributed by atoms with Gasteiger partial charge < -0.3 is 4.90 Å². The maximum Gasteiger partial charge on any atom is 0.223 e. The molecule has 26 heavy (non-hydrogen) atoms. The Bertz CT molecular complexity index is 743. The van der Waals surface area contributed by atoms with Crippen molar-refractivity contribution in [2.24, 2.45) is 0 Å². The normalized spacial score (nSPS) is 14.3. The van der Waals surface area contributed by atoms with Crippen LogP contribution in [0.15, 0.2) is 77.6 Å². The van der Waals surface area contributed by atoms with Gasteiger partial charge in [0.25, 0.3) is 0 Å². The molecule has 0 aromatic heterocycles. The molecular formula is C23H27NO2. The van der Waals surface area contributed by atoms with Crippen molar-refractivity contribution in [1.82, 2.24) is 4.90 Å². The molecule has 3 nitrogen and oxygen atoms in total. The minimum absolute atomic E-state index is 0.0420. The summed E-state index contributed by atoms with van der Waals surface area (Å²) in [5.74, 6) is 0.174. The lowest BCUT2D eigenvalue weighted by Crippen LogP contribution is -2.22. The third kappa shape index (κ3) is 5.99. The molecule has 136 valence electrons. The number of hydrogen-bond acceptors (Lipinski definition) is 2. The van der Waals surface area contributed by atoms with Crippen LogP contribution in [0.1, 0.15) is 45.6 Å². The summed E-state index contributed by atoms with van der Waals surface area (Å²) in [6, 6.07) is 9.99. The summed E-state index contributed by atoms with van der Waals surface area (Å²) in [5.41, 5.74) is 3.83. The van der Waals surface area contributed by atoms with E-state index in [4.69, 9.17) is 0 Å². The first-order valence-electron chi connectivity index (χ1n) is 9.06. The maximum absolute atomic E-state index is 11.8. The van der Waals surface area contributed by atoms with Crippen molar-refractivity contribution in [2.75, 3.05) is 0 Å². The monoisotopic (exact) mass is 349 g/mol. The van der Waals surface area contributed by atoms with E-state index in [-0.39, 0.29) is 11.7 Å². The van der Waals surface area contributed by atoms with Crippen LogP contribution in [-0.2, 0) is 16.1 Å². The second-order valence-corrected chi connectivity index (χ2v) is 6.64. The molecule has 1 aromatic rings. The third-order valence-electron chi connectivity index (χ3n) is 4.32. The van der Waals surface area contributed by atoms with Gasteiger partial charge in [-0.3, -0.25) is 9.59 Å². The van der Waals surface area contributed by atoms with Gasteiger partial charge in [0.05, 0.1) is 6.54 Å². The number of Topliss-reactive ketones (excluding diaryl/α,β-unsaturated/α-hetero) is 1. The van der Waals surface area contributed by atoms with Crippen LogP contribution in [0.25, 0.3) is 0 Å². The van der Waals surface area contributed by atoms with Gasteiger partial charge in [-0.1, -0.05) is 42.5 Å². The number of rotatable bonds is 7. The topological polar surface area (TPSA) is 37.4 Å². The molecule has 0 heterocycles.